The van der Waals surface area contributed by atoms with Crippen molar-refractivity contribution >= 4 is 11.5 Å². The Kier molecular flexibility index (Phi) is 3.58. The number of aryl methyl sites for hydroxylation is 1. The molecular formula is C12H18N4O. The molecule has 0 fully saturated rings. The van der Waals surface area contributed by atoms with Crippen molar-refractivity contribution in [3.8, 4) is 0 Å². The van der Waals surface area contributed by atoms with Gasteiger partial charge in [0.15, 0.2) is 5.65 Å². The summed E-state index contributed by atoms with van der Waals surface area (Å²) in [5, 5.41) is 16.5. The normalized spacial score (nSPS) is 12.9. The van der Waals surface area contributed by atoms with Crippen LogP contribution in [-0.2, 0) is 0 Å². The molecule has 0 aliphatic heterocycles. The van der Waals surface area contributed by atoms with E-state index in [0.717, 1.165) is 30.1 Å². The van der Waals surface area contributed by atoms with Crippen molar-refractivity contribution in [2.75, 3.05) is 18.5 Å². The minimum Gasteiger partial charge on any atom is -0.396 e. The maximum absolute atomic E-state index is 8.96. The fraction of sp³-hybridized carbons (Fsp3) is 0.500. The Bertz CT molecular complexity index is 494. The number of nitrogens with one attached hydrogen (secondary N) is 1. The van der Waals surface area contributed by atoms with Gasteiger partial charge in [0.05, 0.1) is 6.20 Å². The number of rotatable bonds is 5. The van der Waals surface area contributed by atoms with Crippen molar-refractivity contribution < 1.29 is 5.11 Å². The van der Waals surface area contributed by atoms with Crippen LogP contribution in [0.15, 0.2) is 18.3 Å². The first-order chi connectivity index (χ1) is 8.20. The Morgan fingerprint density at radius 2 is 2.35 bits per heavy atom. The van der Waals surface area contributed by atoms with Crippen LogP contribution in [0.25, 0.3) is 5.65 Å². The van der Waals surface area contributed by atoms with E-state index < -0.39 is 0 Å². The SMILES string of the molecule is Cc1cc(NCCC(C)CO)n2nccc2n1. The zero-order valence-corrected chi connectivity index (χ0v) is 10.2. The molecule has 0 aliphatic carbocycles. The van der Waals surface area contributed by atoms with Crippen molar-refractivity contribution in [3.63, 3.8) is 0 Å². The number of anilines is 1. The molecule has 2 rings (SSSR count). The van der Waals surface area contributed by atoms with Crippen LogP contribution in [0.2, 0.25) is 0 Å². The van der Waals surface area contributed by atoms with Crippen LogP contribution in [0.4, 0.5) is 5.82 Å². The van der Waals surface area contributed by atoms with Crippen LogP contribution in [0, 0.1) is 12.8 Å². The minimum atomic E-state index is 0.230. The summed E-state index contributed by atoms with van der Waals surface area (Å²) in [6.07, 6.45) is 2.67. The minimum absolute atomic E-state index is 0.230. The number of aromatic nitrogens is 3. The van der Waals surface area contributed by atoms with E-state index in [1.807, 2.05) is 26.0 Å². The molecule has 2 heterocycles. The Morgan fingerprint density at radius 1 is 1.53 bits per heavy atom. The molecule has 2 aromatic heterocycles. The van der Waals surface area contributed by atoms with E-state index in [-0.39, 0.29) is 6.61 Å². The van der Waals surface area contributed by atoms with E-state index in [2.05, 4.69) is 15.4 Å². The third kappa shape index (κ3) is 2.74. The van der Waals surface area contributed by atoms with E-state index in [4.69, 9.17) is 5.11 Å². The lowest BCUT2D eigenvalue weighted by Crippen LogP contribution is -2.12. The zero-order valence-electron chi connectivity index (χ0n) is 10.2. The van der Waals surface area contributed by atoms with Crippen LogP contribution in [0.3, 0.4) is 0 Å². The summed E-state index contributed by atoms with van der Waals surface area (Å²) in [4.78, 5) is 4.38. The molecule has 92 valence electrons. The third-order valence-corrected chi connectivity index (χ3v) is 2.74. The van der Waals surface area contributed by atoms with Crippen molar-refractivity contribution in [1.82, 2.24) is 14.6 Å². The monoisotopic (exact) mass is 234 g/mol. The third-order valence-electron chi connectivity index (χ3n) is 2.74. The molecule has 0 aliphatic rings. The Morgan fingerprint density at radius 3 is 3.12 bits per heavy atom. The van der Waals surface area contributed by atoms with Gasteiger partial charge in [-0.05, 0) is 19.3 Å². The number of fused-ring (bicyclic) bond motifs is 1. The Balaban J connectivity index is 2.09. The summed E-state index contributed by atoms with van der Waals surface area (Å²) in [5.41, 5.74) is 1.82. The van der Waals surface area contributed by atoms with Crippen LogP contribution in [0.1, 0.15) is 19.0 Å². The van der Waals surface area contributed by atoms with Gasteiger partial charge in [0.2, 0.25) is 0 Å². The van der Waals surface area contributed by atoms with Gasteiger partial charge in [-0.1, -0.05) is 6.92 Å². The number of hydrogen-bond acceptors (Lipinski definition) is 4. The maximum Gasteiger partial charge on any atom is 0.157 e. The van der Waals surface area contributed by atoms with Gasteiger partial charge in [0.25, 0.3) is 0 Å². The molecule has 5 nitrogen and oxygen atoms in total. The maximum atomic E-state index is 8.96. The molecule has 1 atom stereocenters. The van der Waals surface area contributed by atoms with E-state index in [9.17, 15) is 0 Å². The van der Waals surface area contributed by atoms with Crippen LogP contribution < -0.4 is 5.32 Å². The smallest absolute Gasteiger partial charge is 0.157 e. The number of hydrogen-bond donors (Lipinski definition) is 2. The van der Waals surface area contributed by atoms with Gasteiger partial charge in [-0.2, -0.15) is 9.61 Å². The average Bonchev–Trinajstić information content (AvgIpc) is 2.76. The second-order valence-corrected chi connectivity index (χ2v) is 4.39. The summed E-state index contributed by atoms with van der Waals surface area (Å²) >= 11 is 0. The first kappa shape index (κ1) is 11.9. The van der Waals surface area contributed by atoms with E-state index >= 15 is 0 Å². The van der Waals surface area contributed by atoms with Crippen molar-refractivity contribution in [1.29, 1.82) is 0 Å². The first-order valence-electron chi connectivity index (χ1n) is 5.87. The number of aliphatic hydroxyl groups is 1. The fourth-order valence-electron chi connectivity index (χ4n) is 1.70. The molecule has 0 spiro atoms. The topological polar surface area (TPSA) is 62.5 Å². The van der Waals surface area contributed by atoms with Crippen LogP contribution in [0.5, 0.6) is 0 Å². The standard InChI is InChI=1S/C12H18N4O/c1-9(8-17)3-5-13-12-7-10(2)15-11-4-6-14-16(11)12/h4,6-7,9,13,17H,3,5,8H2,1-2H3. The van der Waals surface area contributed by atoms with E-state index in [1.165, 1.54) is 0 Å². The zero-order chi connectivity index (χ0) is 12.3. The second-order valence-electron chi connectivity index (χ2n) is 4.39. The first-order valence-corrected chi connectivity index (χ1v) is 5.87. The van der Waals surface area contributed by atoms with Gasteiger partial charge < -0.3 is 10.4 Å². The number of nitrogens with zero attached hydrogens (tertiary/aromatic N) is 3. The highest BCUT2D eigenvalue weighted by atomic mass is 16.3. The van der Waals surface area contributed by atoms with Crippen LogP contribution >= 0.6 is 0 Å². The molecule has 2 N–H and O–H groups in total. The lowest BCUT2D eigenvalue weighted by molar-refractivity contribution is 0.233. The van der Waals surface area contributed by atoms with E-state index in [1.54, 1.807) is 10.7 Å². The number of aliphatic hydroxyl groups excluding tert-OH is 1. The quantitative estimate of drug-likeness (QED) is 0.822. The predicted octanol–water partition coefficient (Wildman–Crippen LogP) is 1.47. The summed E-state index contributed by atoms with van der Waals surface area (Å²) < 4.78 is 1.79. The molecular weight excluding hydrogens is 216 g/mol. The van der Waals surface area contributed by atoms with Gasteiger partial charge in [-0.3, -0.25) is 0 Å². The molecule has 0 bridgehead atoms. The lowest BCUT2D eigenvalue weighted by Gasteiger charge is -2.11. The molecule has 2 aromatic rings. The lowest BCUT2D eigenvalue weighted by atomic mass is 10.1. The molecule has 0 saturated heterocycles. The molecule has 5 heteroatoms. The van der Waals surface area contributed by atoms with Crippen molar-refractivity contribution in [2.24, 2.45) is 5.92 Å². The average molecular weight is 234 g/mol. The summed E-state index contributed by atoms with van der Waals surface area (Å²) in [7, 11) is 0. The summed E-state index contributed by atoms with van der Waals surface area (Å²) in [6.45, 7) is 5.05. The second kappa shape index (κ2) is 5.14. The predicted molar refractivity (Wildman–Crippen MR) is 67.1 cm³/mol. The fourth-order valence-corrected chi connectivity index (χ4v) is 1.70. The Hall–Kier alpha value is -1.62. The van der Waals surface area contributed by atoms with E-state index in [0.29, 0.717) is 5.92 Å². The molecule has 17 heavy (non-hydrogen) atoms. The highest BCUT2D eigenvalue weighted by molar-refractivity contribution is 5.48. The van der Waals surface area contributed by atoms with Crippen molar-refractivity contribution in [2.45, 2.75) is 20.3 Å². The summed E-state index contributed by atoms with van der Waals surface area (Å²) in [6, 6.07) is 3.86. The molecule has 1 unspecified atom stereocenters. The molecule has 0 aromatic carbocycles. The van der Waals surface area contributed by atoms with Gasteiger partial charge in [-0.25, -0.2) is 4.98 Å². The molecule has 0 amide bonds. The molecule has 0 radical (unpaired) electrons. The van der Waals surface area contributed by atoms with Gasteiger partial charge in [-0.15, -0.1) is 0 Å². The van der Waals surface area contributed by atoms with Gasteiger partial charge in [0.1, 0.15) is 5.82 Å². The van der Waals surface area contributed by atoms with Crippen molar-refractivity contribution in [3.05, 3.63) is 24.0 Å². The van der Waals surface area contributed by atoms with Gasteiger partial charge in [0, 0.05) is 31.0 Å². The summed E-state index contributed by atoms with van der Waals surface area (Å²) in [5.74, 6) is 1.26. The molecule has 0 saturated carbocycles. The largest absolute Gasteiger partial charge is 0.396 e. The Labute approximate surface area is 100 Å². The van der Waals surface area contributed by atoms with Gasteiger partial charge >= 0.3 is 0 Å². The highest BCUT2D eigenvalue weighted by Gasteiger charge is 2.04. The van der Waals surface area contributed by atoms with Crippen LogP contribution in [-0.4, -0.2) is 32.9 Å². The highest BCUT2D eigenvalue weighted by Crippen LogP contribution is 2.12.